The van der Waals surface area contributed by atoms with Gasteiger partial charge in [-0.2, -0.15) is 0 Å². The Hall–Kier alpha value is -2.28. The molecule has 2 atom stereocenters. The van der Waals surface area contributed by atoms with Crippen molar-refractivity contribution >= 4 is 11.8 Å². The summed E-state index contributed by atoms with van der Waals surface area (Å²) in [6.07, 6.45) is 1.41. The minimum Gasteiger partial charge on any atom is -0.497 e. The van der Waals surface area contributed by atoms with Crippen LogP contribution in [0, 0.1) is 5.92 Å². The molecule has 1 fully saturated rings. The number of likely N-dealkylation sites (tertiary alicyclic amines) is 1. The number of methoxy groups -OCH3 is 2. The lowest BCUT2D eigenvalue weighted by Crippen LogP contribution is -2.42. The SMILES string of the molecule is COc1ccc(CNC(=O)[C@@H]2CC[C@H](N)CN(C(C)=O)C2)c(OC)c1. The summed E-state index contributed by atoms with van der Waals surface area (Å²) >= 11 is 0. The smallest absolute Gasteiger partial charge is 0.225 e. The van der Waals surface area contributed by atoms with Gasteiger partial charge in [0.25, 0.3) is 0 Å². The van der Waals surface area contributed by atoms with Gasteiger partial charge >= 0.3 is 0 Å². The van der Waals surface area contributed by atoms with Gasteiger partial charge in [-0.1, -0.05) is 0 Å². The van der Waals surface area contributed by atoms with Crippen molar-refractivity contribution in [3.63, 3.8) is 0 Å². The third-order valence-corrected chi connectivity index (χ3v) is 4.55. The first-order valence-electron chi connectivity index (χ1n) is 8.44. The first-order chi connectivity index (χ1) is 11.9. The number of carbonyl (C=O) groups is 2. The molecule has 0 saturated carbocycles. The van der Waals surface area contributed by atoms with Crippen molar-refractivity contribution in [1.29, 1.82) is 0 Å². The van der Waals surface area contributed by atoms with E-state index in [1.165, 1.54) is 6.92 Å². The molecule has 7 heteroatoms. The molecule has 1 heterocycles. The minimum absolute atomic E-state index is 0.0491. The summed E-state index contributed by atoms with van der Waals surface area (Å²) in [7, 11) is 3.17. The Balaban J connectivity index is 2.00. The van der Waals surface area contributed by atoms with Crippen molar-refractivity contribution in [2.24, 2.45) is 11.7 Å². The molecule has 1 aromatic carbocycles. The number of rotatable bonds is 5. The van der Waals surface area contributed by atoms with Gasteiger partial charge in [0.15, 0.2) is 0 Å². The minimum atomic E-state index is -0.248. The van der Waals surface area contributed by atoms with E-state index in [2.05, 4.69) is 5.32 Å². The highest BCUT2D eigenvalue weighted by atomic mass is 16.5. The summed E-state index contributed by atoms with van der Waals surface area (Å²) < 4.78 is 10.5. The van der Waals surface area contributed by atoms with E-state index >= 15 is 0 Å². The van der Waals surface area contributed by atoms with Crippen molar-refractivity contribution < 1.29 is 19.1 Å². The highest BCUT2D eigenvalue weighted by Gasteiger charge is 2.28. The molecular weight excluding hydrogens is 322 g/mol. The Morgan fingerprint density at radius 2 is 2.00 bits per heavy atom. The Morgan fingerprint density at radius 3 is 2.64 bits per heavy atom. The first-order valence-corrected chi connectivity index (χ1v) is 8.44. The number of ether oxygens (including phenoxy) is 2. The lowest BCUT2D eigenvalue weighted by atomic mass is 10.0. The van der Waals surface area contributed by atoms with E-state index in [-0.39, 0.29) is 23.8 Å². The number of benzene rings is 1. The standard InChI is InChI=1S/C18H27N3O4/c1-12(22)21-10-14(4-6-15(19)11-21)18(23)20-9-13-5-7-16(24-2)8-17(13)25-3/h5,7-8,14-15H,4,6,9-11,19H2,1-3H3,(H,20,23)/t14-,15+/m1/s1. The van der Waals surface area contributed by atoms with Gasteiger partial charge in [-0.3, -0.25) is 9.59 Å². The molecule has 138 valence electrons. The molecule has 1 saturated heterocycles. The molecule has 0 unspecified atom stereocenters. The average Bonchev–Trinajstić information content (AvgIpc) is 2.81. The van der Waals surface area contributed by atoms with Gasteiger partial charge in [-0.05, 0) is 25.0 Å². The largest absolute Gasteiger partial charge is 0.497 e. The maximum absolute atomic E-state index is 12.6. The van der Waals surface area contributed by atoms with Crippen LogP contribution in [-0.2, 0) is 16.1 Å². The quantitative estimate of drug-likeness (QED) is 0.824. The number of carbonyl (C=O) groups excluding carboxylic acids is 2. The average molecular weight is 349 g/mol. The lowest BCUT2D eigenvalue weighted by molar-refractivity contribution is -0.131. The monoisotopic (exact) mass is 349 g/mol. The van der Waals surface area contributed by atoms with E-state index in [9.17, 15) is 9.59 Å². The second-order valence-corrected chi connectivity index (χ2v) is 6.35. The number of nitrogens with zero attached hydrogens (tertiary/aromatic N) is 1. The van der Waals surface area contributed by atoms with Gasteiger partial charge in [0, 0.05) is 44.2 Å². The summed E-state index contributed by atoms with van der Waals surface area (Å²) in [5.41, 5.74) is 6.87. The molecule has 0 aliphatic carbocycles. The number of nitrogens with one attached hydrogen (secondary N) is 1. The normalized spacial score (nSPS) is 20.6. The zero-order valence-corrected chi connectivity index (χ0v) is 15.1. The summed E-state index contributed by atoms with van der Waals surface area (Å²) in [4.78, 5) is 25.9. The molecule has 0 spiro atoms. The summed E-state index contributed by atoms with van der Waals surface area (Å²) in [5, 5.41) is 2.94. The molecule has 2 rings (SSSR count). The summed E-state index contributed by atoms with van der Waals surface area (Å²) in [6.45, 7) is 2.78. The van der Waals surface area contributed by atoms with Gasteiger partial charge in [-0.25, -0.2) is 0 Å². The number of hydrogen-bond donors (Lipinski definition) is 2. The summed E-state index contributed by atoms with van der Waals surface area (Å²) in [6, 6.07) is 5.39. The molecule has 0 bridgehead atoms. The van der Waals surface area contributed by atoms with Crippen LogP contribution in [0.15, 0.2) is 18.2 Å². The molecule has 1 aromatic rings. The van der Waals surface area contributed by atoms with Crippen LogP contribution in [0.3, 0.4) is 0 Å². The molecule has 0 aromatic heterocycles. The van der Waals surface area contributed by atoms with Crippen LogP contribution < -0.4 is 20.5 Å². The fourth-order valence-corrected chi connectivity index (χ4v) is 3.02. The highest BCUT2D eigenvalue weighted by molar-refractivity contribution is 5.80. The zero-order chi connectivity index (χ0) is 18.4. The van der Waals surface area contributed by atoms with E-state index < -0.39 is 0 Å². The fourth-order valence-electron chi connectivity index (χ4n) is 3.02. The van der Waals surface area contributed by atoms with Crippen molar-refractivity contribution in [1.82, 2.24) is 10.2 Å². The van der Waals surface area contributed by atoms with E-state index in [4.69, 9.17) is 15.2 Å². The Bertz CT molecular complexity index is 620. The summed E-state index contributed by atoms with van der Waals surface area (Å²) in [5.74, 6) is 0.988. The van der Waals surface area contributed by atoms with E-state index in [1.807, 2.05) is 12.1 Å². The maximum Gasteiger partial charge on any atom is 0.225 e. The van der Waals surface area contributed by atoms with Gasteiger partial charge in [0.1, 0.15) is 11.5 Å². The van der Waals surface area contributed by atoms with Crippen LogP contribution >= 0.6 is 0 Å². The van der Waals surface area contributed by atoms with Crippen LogP contribution in [0.4, 0.5) is 0 Å². The van der Waals surface area contributed by atoms with Crippen molar-refractivity contribution in [3.8, 4) is 11.5 Å². The number of nitrogens with two attached hydrogens (primary N) is 1. The molecule has 0 radical (unpaired) electrons. The van der Waals surface area contributed by atoms with E-state index in [0.717, 1.165) is 12.0 Å². The van der Waals surface area contributed by atoms with E-state index in [1.54, 1.807) is 25.2 Å². The second kappa shape index (κ2) is 8.71. The maximum atomic E-state index is 12.6. The van der Waals surface area contributed by atoms with Crippen LogP contribution in [0.25, 0.3) is 0 Å². The Morgan fingerprint density at radius 1 is 1.24 bits per heavy atom. The van der Waals surface area contributed by atoms with Crippen molar-refractivity contribution in [2.75, 3.05) is 27.3 Å². The van der Waals surface area contributed by atoms with Crippen LogP contribution in [0.5, 0.6) is 11.5 Å². The molecule has 1 aliphatic rings. The molecular formula is C18H27N3O4. The Labute approximate surface area is 148 Å². The van der Waals surface area contributed by atoms with Crippen LogP contribution in [0.1, 0.15) is 25.3 Å². The van der Waals surface area contributed by atoms with Crippen molar-refractivity contribution in [3.05, 3.63) is 23.8 Å². The van der Waals surface area contributed by atoms with Crippen LogP contribution in [-0.4, -0.2) is 50.1 Å². The molecule has 2 amide bonds. The lowest BCUT2D eigenvalue weighted by Gasteiger charge is -2.23. The van der Waals surface area contributed by atoms with E-state index in [0.29, 0.717) is 37.6 Å². The second-order valence-electron chi connectivity index (χ2n) is 6.35. The first kappa shape index (κ1) is 19.1. The van der Waals surface area contributed by atoms with Crippen molar-refractivity contribution in [2.45, 2.75) is 32.4 Å². The number of hydrogen-bond acceptors (Lipinski definition) is 5. The molecule has 25 heavy (non-hydrogen) atoms. The fraction of sp³-hybridized carbons (Fsp3) is 0.556. The third kappa shape index (κ3) is 5.09. The Kier molecular flexibility index (Phi) is 6.64. The van der Waals surface area contributed by atoms with Gasteiger partial charge in [0.2, 0.25) is 11.8 Å². The van der Waals surface area contributed by atoms with Crippen LogP contribution in [0.2, 0.25) is 0 Å². The molecule has 7 nitrogen and oxygen atoms in total. The van der Waals surface area contributed by atoms with Gasteiger partial charge in [-0.15, -0.1) is 0 Å². The van der Waals surface area contributed by atoms with Gasteiger partial charge < -0.3 is 25.4 Å². The van der Waals surface area contributed by atoms with Gasteiger partial charge in [0.05, 0.1) is 20.1 Å². The third-order valence-electron chi connectivity index (χ3n) is 4.55. The molecule has 1 aliphatic heterocycles. The zero-order valence-electron chi connectivity index (χ0n) is 15.1. The highest BCUT2D eigenvalue weighted by Crippen LogP contribution is 2.24. The predicted molar refractivity (Wildman–Crippen MR) is 94.3 cm³/mol. The number of amides is 2. The predicted octanol–water partition coefficient (Wildman–Crippen LogP) is 0.906. The molecule has 3 N–H and O–H groups in total. The topological polar surface area (TPSA) is 93.9 Å².